The Morgan fingerprint density at radius 1 is 1.10 bits per heavy atom. The van der Waals surface area contributed by atoms with Crippen LogP contribution in [0.25, 0.3) is 0 Å². The highest BCUT2D eigenvalue weighted by molar-refractivity contribution is 6.01. The van der Waals surface area contributed by atoms with Crippen LogP contribution < -0.4 is 20.3 Å². The summed E-state index contributed by atoms with van der Waals surface area (Å²) < 4.78 is 45.1. The topological polar surface area (TPSA) is 87.7 Å². The van der Waals surface area contributed by atoms with E-state index in [1.807, 2.05) is 6.92 Å². The van der Waals surface area contributed by atoms with Crippen molar-refractivity contribution >= 4 is 29.1 Å². The first kappa shape index (κ1) is 22.1. The molecule has 164 valence electrons. The van der Waals surface area contributed by atoms with Crippen molar-refractivity contribution in [3.05, 3.63) is 53.8 Å². The van der Waals surface area contributed by atoms with Gasteiger partial charge in [0.1, 0.15) is 5.75 Å². The van der Waals surface area contributed by atoms with Crippen molar-refractivity contribution < 1.29 is 32.3 Å². The molecule has 0 spiro atoms. The van der Waals surface area contributed by atoms with Gasteiger partial charge in [0.05, 0.1) is 24.8 Å². The quantitative estimate of drug-likeness (QED) is 0.655. The maximum Gasteiger partial charge on any atom is 0.243 e. The van der Waals surface area contributed by atoms with Crippen LogP contribution >= 0.6 is 0 Å². The maximum absolute atomic E-state index is 13.6. The van der Waals surface area contributed by atoms with E-state index in [1.165, 1.54) is 4.90 Å². The summed E-state index contributed by atoms with van der Waals surface area (Å²) >= 11 is 0. The van der Waals surface area contributed by atoms with Gasteiger partial charge in [0.25, 0.3) is 0 Å². The minimum Gasteiger partial charge on any atom is -0.494 e. The van der Waals surface area contributed by atoms with Gasteiger partial charge < -0.3 is 20.3 Å². The van der Waals surface area contributed by atoms with Gasteiger partial charge in [0.2, 0.25) is 17.7 Å². The molecule has 31 heavy (non-hydrogen) atoms. The number of rotatable bonds is 7. The molecular weight excluding hydrogens is 415 g/mol. The molecule has 1 fully saturated rings. The van der Waals surface area contributed by atoms with E-state index in [-0.39, 0.29) is 18.9 Å². The molecule has 3 rings (SSSR count). The molecule has 1 saturated heterocycles. The molecule has 1 aliphatic heterocycles. The van der Waals surface area contributed by atoms with E-state index in [9.17, 15) is 27.6 Å². The number of nitrogens with zero attached hydrogens (tertiary/aromatic N) is 1. The van der Waals surface area contributed by atoms with Gasteiger partial charge in [-0.2, -0.15) is 0 Å². The predicted molar refractivity (Wildman–Crippen MR) is 106 cm³/mol. The Hall–Kier alpha value is -3.56. The first-order chi connectivity index (χ1) is 14.8. The highest BCUT2D eigenvalue weighted by Crippen LogP contribution is 2.27. The molecule has 1 atom stereocenters. The number of anilines is 2. The molecular formula is C21H20F3N3O4. The van der Waals surface area contributed by atoms with Crippen LogP contribution in [0.4, 0.5) is 24.5 Å². The Morgan fingerprint density at radius 3 is 2.48 bits per heavy atom. The average Bonchev–Trinajstić information content (AvgIpc) is 3.15. The molecule has 0 unspecified atom stereocenters. The highest BCUT2D eigenvalue weighted by atomic mass is 19.2. The van der Waals surface area contributed by atoms with Crippen LogP contribution in [-0.2, 0) is 14.4 Å². The summed E-state index contributed by atoms with van der Waals surface area (Å²) in [5.74, 6) is -6.23. The number of ether oxygens (including phenoxy) is 1. The number of carbonyl (C=O) groups excluding carboxylic acids is 3. The lowest BCUT2D eigenvalue weighted by Gasteiger charge is -2.17. The molecule has 0 radical (unpaired) electrons. The molecule has 0 aliphatic carbocycles. The van der Waals surface area contributed by atoms with Crippen LogP contribution in [0.1, 0.15) is 13.3 Å². The molecule has 1 heterocycles. The Kier molecular flexibility index (Phi) is 6.78. The maximum atomic E-state index is 13.6. The second-order valence-corrected chi connectivity index (χ2v) is 6.82. The fourth-order valence-electron chi connectivity index (χ4n) is 3.15. The summed E-state index contributed by atoms with van der Waals surface area (Å²) in [6.45, 7) is 1.99. The van der Waals surface area contributed by atoms with Crippen LogP contribution in [0.15, 0.2) is 36.4 Å². The Labute approximate surface area is 176 Å². The zero-order chi connectivity index (χ0) is 22.5. The Balaban J connectivity index is 1.53. The first-order valence-corrected chi connectivity index (χ1v) is 9.54. The van der Waals surface area contributed by atoms with E-state index >= 15 is 0 Å². The number of nitrogens with one attached hydrogen (secondary N) is 2. The lowest BCUT2D eigenvalue weighted by Crippen LogP contribution is -2.38. The van der Waals surface area contributed by atoms with Crippen molar-refractivity contribution in [1.29, 1.82) is 0 Å². The number of hydrogen-bond donors (Lipinski definition) is 2. The summed E-state index contributed by atoms with van der Waals surface area (Å²) in [7, 11) is 0. The number of halogens is 3. The SMILES string of the molecule is CCOc1ccc(N2C[C@@H](C(=O)NCC(=O)Nc3ccc(F)c(F)c3F)CC2=O)cc1. The van der Waals surface area contributed by atoms with Crippen molar-refractivity contribution in [2.45, 2.75) is 13.3 Å². The fraction of sp³-hybridized carbons (Fsp3) is 0.286. The van der Waals surface area contributed by atoms with E-state index in [4.69, 9.17) is 4.74 Å². The number of benzene rings is 2. The van der Waals surface area contributed by atoms with Gasteiger partial charge in [-0.3, -0.25) is 14.4 Å². The van der Waals surface area contributed by atoms with Gasteiger partial charge in [0.15, 0.2) is 17.5 Å². The lowest BCUT2D eigenvalue weighted by molar-refractivity contribution is -0.127. The Morgan fingerprint density at radius 2 is 1.81 bits per heavy atom. The largest absolute Gasteiger partial charge is 0.494 e. The van der Waals surface area contributed by atoms with Crippen LogP contribution in [0.5, 0.6) is 5.75 Å². The highest BCUT2D eigenvalue weighted by Gasteiger charge is 2.35. The van der Waals surface area contributed by atoms with Crippen molar-refractivity contribution in [3.8, 4) is 5.75 Å². The van der Waals surface area contributed by atoms with Gasteiger partial charge in [0, 0.05) is 18.7 Å². The first-order valence-electron chi connectivity index (χ1n) is 9.54. The van der Waals surface area contributed by atoms with E-state index in [2.05, 4.69) is 10.6 Å². The molecule has 0 aromatic heterocycles. The number of hydrogen-bond acceptors (Lipinski definition) is 4. The van der Waals surface area contributed by atoms with Crippen molar-refractivity contribution in [3.63, 3.8) is 0 Å². The van der Waals surface area contributed by atoms with Gasteiger partial charge in [-0.15, -0.1) is 0 Å². The third-order valence-electron chi connectivity index (χ3n) is 4.69. The molecule has 2 aromatic carbocycles. The summed E-state index contributed by atoms with van der Waals surface area (Å²) in [4.78, 5) is 38.0. The zero-order valence-electron chi connectivity index (χ0n) is 16.6. The molecule has 1 aliphatic rings. The normalized spacial score (nSPS) is 15.7. The standard InChI is InChI=1S/C21H20F3N3O4/c1-2-31-14-5-3-13(4-6-14)27-11-12(9-18(27)29)21(30)25-10-17(28)26-16-8-7-15(22)19(23)20(16)24/h3-8,12H,2,9-11H2,1H3,(H,25,30)(H,26,28)/t12-/m0/s1. The third-order valence-corrected chi connectivity index (χ3v) is 4.69. The number of carbonyl (C=O) groups is 3. The van der Waals surface area contributed by atoms with Crippen molar-refractivity contribution in [1.82, 2.24) is 5.32 Å². The van der Waals surface area contributed by atoms with Gasteiger partial charge >= 0.3 is 0 Å². The van der Waals surface area contributed by atoms with E-state index in [0.29, 0.717) is 24.1 Å². The third kappa shape index (κ3) is 5.14. The number of amides is 3. The van der Waals surface area contributed by atoms with Crippen LogP contribution in [-0.4, -0.2) is 37.4 Å². The monoisotopic (exact) mass is 435 g/mol. The smallest absolute Gasteiger partial charge is 0.243 e. The summed E-state index contributed by atoms with van der Waals surface area (Å²) in [5, 5.41) is 4.43. The van der Waals surface area contributed by atoms with E-state index < -0.39 is 47.4 Å². The molecule has 7 nitrogen and oxygen atoms in total. The molecule has 2 aromatic rings. The lowest BCUT2D eigenvalue weighted by atomic mass is 10.1. The fourth-order valence-corrected chi connectivity index (χ4v) is 3.15. The summed E-state index contributed by atoms with van der Waals surface area (Å²) in [6.07, 6.45) is -0.0293. The second-order valence-electron chi connectivity index (χ2n) is 6.82. The predicted octanol–water partition coefficient (Wildman–Crippen LogP) is 2.61. The summed E-state index contributed by atoms with van der Waals surface area (Å²) in [5.41, 5.74) is 0.0752. The van der Waals surface area contributed by atoms with Crippen molar-refractivity contribution in [2.24, 2.45) is 5.92 Å². The van der Waals surface area contributed by atoms with Crippen LogP contribution in [0, 0.1) is 23.4 Å². The Bertz CT molecular complexity index is 998. The van der Waals surface area contributed by atoms with Gasteiger partial charge in [-0.25, -0.2) is 13.2 Å². The van der Waals surface area contributed by atoms with Crippen LogP contribution in [0.2, 0.25) is 0 Å². The average molecular weight is 435 g/mol. The van der Waals surface area contributed by atoms with E-state index in [1.54, 1.807) is 24.3 Å². The molecule has 0 bridgehead atoms. The molecule has 3 amide bonds. The molecule has 10 heteroatoms. The van der Waals surface area contributed by atoms with Gasteiger partial charge in [-0.1, -0.05) is 0 Å². The minimum absolute atomic E-state index is 0.0293. The second kappa shape index (κ2) is 9.50. The molecule has 0 saturated carbocycles. The van der Waals surface area contributed by atoms with E-state index in [0.717, 1.165) is 6.07 Å². The van der Waals surface area contributed by atoms with Gasteiger partial charge in [-0.05, 0) is 43.3 Å². The zero-order valence-corrected chi connectivity index (χ0v) is 16.6. The van der Waals surface area contributed by atoms with Crippen LogP contribution in [0.3, 0.4) is 0 Å². The molecule has 2 N–H and O–H groups in total. The minimum atomic E-state index is -1.71. The van der Waals surface area contributed by atoms with Crippen molar-refractivity contribution in [2.75, 3.05) is 29.9 Å². The summed E-state index contributed by atoms with van der Waals surface area (Å²) in [6, 6.07) is 8.42.